The first-order chi connectivity index (χ1) is 6.11. The number of carbonyl (C=O) groups is 1. The number of aliphatic hydroxyl groups excluding tert-OH is 2. The Kier molecular flexibility index (Phi) is 2.74. The lowest BCUT2D eigenvalue weighted by Gasteiger charge is -2.14. The van der Waals surface area contributed by atoms with Crippen LogP contribution in [0.2, 0.25) is 0 Å². The second-order valence-corrected chi connectivity index (χ2v) is 2.55. The van der Waals surface area contributed by atoms with E-state index < -0.39 is 23.9 Å². The molecular weight excluding hydrogens is 178 g/mol. The molecule has 0 saturated heterocycles. The van der Waals surface area contributed by atoms with Gasteiger partial charge in [-0.3, -0.25) is 0 Å². The fraction of sp³-hybridized carbons (Fsp3) is 0.571. The van der Waals surface area contributed by atoms with E-state index in [-0.39, 0.29) is 12.3 Å². The lowest BCUT2D eigenvalue weighted by Crippen LogP contribution is -2.35. The average molecular weight is 189 g/mol. The van der Waals surface area contributed by atoms with E-state index in [1.54, 1.807) is 0 Å². The van der Waals surface area contributed by atoms with E-state index in [2.05, 4.69) is 9.47 Å². The Morgan fingerprint density at radius 3 is 2.77 bits per heavy atom. The summed E-state index contributed by atoms with van der Waals surface area (Å²) in [5.41, 5.74) is 5.13. The quantitative estimate of drug-likeness (QED) is 0.474. The third kappa shape index (κ3) is 1.58. The van der Waals surface area contributed by atoms with Crippen molar-refractivity contribution >= 4 is 5.97 Å². The van der Waals surface area contributed by atoms with Crippen LogP contribution in [0.3, 0.4) is 0 Å². The molecule has 6 nitrogen and oxygen atoms in total. The number of rotatable bonds is 3. The SMILES string of the molecule is COC1=C(O)[C@@H](C(O)CN)OC1=O. The van der Waals surface area contributed by atoms with Crippen LogP contribution in [0.5, 0.6) is 0 Å². The number of ether oxygens (including phenoxy) is 2. The van der Waals surface area contributed by atoms with Crippen LogP contribution >= 0.6 is 0 Å². The van der Waals surface area contributed by atoms with Crippen molar-refractivity contribution in [3.63, 3.8) is 0 Å². The van der Waals surface area contributed by atoms with E-state index in [9.17, 15) is 15.0 Å². The molecule has 0 aromatic rings. The zero-order valence-corrected chi connectivity index (χ0v) is 7.06. The first-order valence-electron chi connectivity index (χ1n) is 3.68. The highest BCUT2D eigenvalue weighted by Crippen LogP contribution is 2.22. The molecule has 0 saturated carbocycles. The van der Waals surface area contributed by atoms with E-state index in [0.29, 0.717) is 0 Å². The van der Waals surface area contributed by atoms with Crippen LogP contribution in [0.25, 0.3) is 0 Å². The smallest absolute Gasteiger partial charge is 0.378 e. The molecule has 6 heteroatoms. The fourth-order valence-corrected chi connectivity index (χ4v) is 1.03. The van der Waals surface area contributed by atoms with Gasteiger partial charge in [-0.05, 0) is 0 Å². The minimum absolute atomic E-state index is 0.112. The highest BCUT2D eigenvalue weighted by atomic mass is 16.6. The third-order valence-corrected chi connectivity index (χ3v) is 1.72. The van der Waals surface area contributed by atoms with Crippen LogP contribution in [-0.4, -0.2) is 42.0 Å². The summed E-state index contributed by atoms with van der Waals surface area (Å²) in [6.07, 6.45) is -2.22. The second-order valence-electron chi connectivity index (χ2n) is 2.55. The van der Waals surface area contributed by atoms with Gasteiger partial charge in [-0.2, -0.15) is 0 Å². The molecule has 2 atom stereocenters. The molecule has 0 fully saturated rings. The molecule has 0 aromatic heterocycles. The second kappa shape index (κ2) is 3.63. The molecule has 4 N–H and O–H groups in total. The summed E-state index contributed by atoms with van der Waals surface area (Å²) in [4.78, 5) is 10.9. The van der Waals surface area contributed by atoms with Crippen LogP contribution < -0.4 is 5.73 Å². The van der Waals surface area contributed by atoms with Gasteiger partial charge in [-0.1, -0.05) is 0 Å². The highest BCUT2D eigenvalue weighted by Gasteiger charge is 2.39. The Morgan fingerprint density at radius 1 is 1.77 bits per heavy atom. The number of cyclic esters (lactones) is 1. The molecular formula is C7H11NO5. The predicted octanol–water partition coefficient (Wildman–Crippen LogP) is -1.35. The number of aliphatic hydroxyl groups is 2. The van der Waals surface area contributed by atoms with E-state index in [4.69, 9.17) is 5.73 Å². The lowest BCUT2D eigenvalue weighted by molar-refractivity contribution is -0.146. The molecule has 0 radical (unpaired) electrons. The third-order valence-electron chi connectivity index (χ3n) is 1.72. The van der Waals surface area contributed by atoms with Crippen molar-refractivity contribution in [2.45, 2.75) is 12.2 Å². The Hall–Kier alpha value is -1.27. The Labute approximate surface area is 74.6 Å². The van der Waals surface area contributed by atoms with Gasteiger partial charge in [0.2, 0.25) is 5.76 Å². The number of carbonyl (C=O) groups excluding carboxylic acids is 1. The van der Waals surface area contributed by atoms with Gasteiger partial charge in [0, 0.05) is 6.54 Å². The van der Waals surface area contributed by atoms with E-state index in [1.807, 2.05) is 0 Å². The lowest BCUT2D eigenvalue weighted by atomic mass is 10.2. The first-order valence-corrected chi connectivity index (χ1v) is 3.68. The molecule has 0 aliphatic carbocycles. The summed E-state index contributed by atoms with van der Waals surface area (Å²) in [6, 6.07) is 0. The van der Waals surface area contributed by atoms with Gasteiger partial charge in [0.05, 0.1) is 7.11 Å². The van der Waals surface area contributed by atoms with Gasteiger partial charge in [-0.15, -0.1) is 0 Å². The molecule has 0 aromatic carbocycles. The summed E-state index contributed by atoms with van der Waals surface area (Å²) in [5.74, 6) is -1.49. The molecule has 0 spiro atoms. The number of methoxy groups -OCH3 is 1. The first kappa shape index (κ1) is 9.82. The normalized spacial score (nSPS) is 24.5. The molecule has 1 rings (SSSR count). The highest BCUT2D eigenvalue weighted by molar-refractivity contribution is 5.89. The van der Waals surface area contributed by atoms with Crippen molar-refractivity contribution in [3.8, 4) is 0 Å². The Balaban J connectivity index is 2.84. The van der Waals surface area contributed by atoms with E-state index in [1.165, 1.54) is 7.11 Å². The number of esters is 1. The van der Waals surface area contributed by atoms with Gasteiger partial charge < -0.3 is 25.4 Å². The van der Waals surface area contributed by atoms with Crippen molar-refractivity contribution in [3.05, 3.63) is 11.5 Å². The Morgan fingerprint density at radius 2 is 2.38 bits per heavy atom. The molecule has 74 valence electrons. The largest absolute Gasteiger partial charge is 0.505 e. The molecule has 1 aliphatic rings. The van der Waals surface area contributed by atoms with Crippen molar-refractivity contribution < 1.29 is 24.5 Å². The maximum absolute atomic E-state index is 10.9. The van der Waals surface area contributed by atoms with Crippen molar-refractivity contribution in [1.82, 2.24) is 0 Å². The summed E-state index contributed by atoms with van der Waals surface area (Å²) in [5, 5.41) is 18.5. The van der Waals surface area contributed by atoms with Crippen LogP contribution in [0.4, 0.5) is 0 Å². The molecule has 0 amide bonds. The van der Waals surface area contributed by atoms with Crippen LogP contribution in [0.1, 0.15) is 0 Å². The monoisotopic (exact) mass is 189 g/mol. The standard InChI is InChI=1S/C7H11NO5/c1-12-6-4(10)5(3(9)2-8)13-7(6)11/h3,5,9-10H,2,8H2,1H3/t3?,5-/m1/s1. The van der Waals surface area contributed by atoms with Crippen molar-refractivity contribution in [1.29, 1.82) is 0 Å². The van der Waals surface area contributed by atoms with Gasteiger partial charge in [0.15, 0.2) is 11.9 Å². The van der Waals surface area contributed by atoms with Gasteiger partial charge in [-0.25, -0.2) is 4.79 Å². The zero-order chi connectivity index (χ0) is 10.0. The minimum Gasteiger partial charge on any atom is -0.505 e. The topological polar surface area (TPSA) is 102 Å². The predicted molar refractivity (Wildman–Crippen MR) is 41.6 cm³/mol. The average Bonchev–Trinajstić information content (AvgIpc) is 2.40. The zero-order valence-electron chi connectivity index (χ0n) is 7.06. The molecule has 0 bridgehead atoms. The van der Waals surface area contributed by atoms with Crippen molar-refractivity contribution in [2.24, 2.45) is 5.73 Å². The van der Waals surface area contributed by atoms with Crippen LogP contribution in [0, 0.1) is 0 Å². The summed E-state index contributed by atoms with van der Waals surface area (Å²) < 4.78 is 9.18. The van der Waals surface area contributed by atoms with Crippen molar-refractivity contribution in [2.75, 3.05) is 13.7 Å². The summed E-state index contributed by atoms with van der Waals surface area (Å²) in [6.45, 7) is -0.112. The maximum Gasteiger partial charge on any atom is 0.378 e. The van der Waals surface area contributed by atoms with Crippen LogP contribution in [-0.2, 0) is 14.3 Å². The number of hydrogen-bond donors (Lipinski definition) is 3. The molecule has 1 heterocycles. The fourth-order valence-electron chi connectivity index (χ4n) is 1.03. The molecule has 13 heavy (non-hydrogen) atoms. The molecule has 1 aliphatic heterocycles. The van der Waals surface area contributed by atoms with E-state index >= 15 is 0 Å². The minimum atomic E-state index is -1.11. The molecule has 1 unspecified atom stereocenters. The van der Waals surface area contributed by atoms with Gasteiger partial charge in [0.25, 0.3) is 0 Å². The number of nitrogens with two attached hydrogens (primary N) is 1. The summed E-state index contributed by atoms with van der Waals surface area (Å²) in [7, 11) is 1.23. The maximum atomic E-state index is 10.9. The Bertz CT molecular complexity index is 249. The van der Waals surface area contributed by atoms with Crippen LogP contribution in [0.15, 0.2) is 11.5 Å². The number of hydrogen-bond acceptors (Lipinski definition) is 6. The van der Waals surface area contributed by atoms with E-state index in [0.717, 1.165) is 0 Å². The van der Waals surface area contributed by atoms with Gasteiger partial charge >= 0.3 is 5.97 Å². The van der Waals surface area contributed by atoms with Gasteiger partial charge in [0.1, 0.15) is 6.10 Å². The summed E-state index contributed by atoms with van der Waals surface area (Å²) >= 11 is 0.